The molecule has 20 heavy (non-hydrogen) atoms. The first-order valence-corrected chi connectivity index (χ1v) is 8.18. The third-order valence-corrected chi connectivity index (χ3v) is 5.35. The van der Waals surface area contributed by atoms with Gasteiger partial charge in [-0.2, -0.15) is 4.31 Å². The zero-order valence-electron chi connectivity index (χ0n) is 11.5. The van der Waals surface area contributed by atoms with E-state index in [1.54, 1.807) is 28.6 Å². The maximum atomic E-state index is 12.7. The fourth-order valence-electron chi connectivity index (χ4n) is 2.43. The molecular formula is C15H19NO3S. The van der Waals surface area contributed by atoms with Crippen molar-refractivity contribution in [1.82, 2.24) is 4.31 Å². The molecule has 1 fully saturated rings. The highest BCUT2D eigenvalue weighted by molar-refractivity contribution is 7.89. The van der Waals surface area contributed by atoms with Crippen LogP contribution in [-0.4, -0.2) is 37.5 Å². The van der Waals surface area contributed by atoms with Crippen LogP contribution in [0.25, 0.3) is 0 Å². The predicted molar refractivity (Wildman–Crippen MR) is 77.6 cm³/mol. The zero-order valence-corrected chi connectivity index (χ0v) is 12.4. The third kappa shape index (κ3) is 3.21. The second-order valence-electron chi connectivity index (χ2n) is 5.07. The minimum Gasteiger partial charge on any atom is -0.384 e. The molecule has 1 aliphatic heterocycles. The number of nitrogens with zero attached hydrogens (tertiary/aromatic N) is 1. The van der Waals surface area contributed by atoms with Crippen LogP contribution in [0.1, 0.15) is 25.3 Å². The van der Waals surface area contributed by atoms with Crippen molar-refractivity contribution < 1.29 is 13.5 Å². The van der Waals surface area contributed by atoms with Crippen molar-refractivity contribution in [2.75, 3.05) is 19.7 Å². The van der Waals surface area contributed by atoms with Gasteiger partial charge in [0.25, 0.3) is 0 Å². The molecule has 1 atom stereocenters. The summed E-state index contributed by atoms with van der Waals surface area (Å²) in [6.07, 6.45) is 1.96. The summed E-state index contributed by atoms with van der Waals surface area (Å²) < 4.78 is 27.0. The maximum Gasteiger partial charge on any atom is 0.244 e. The van der Waals surface area contributed by atoms with Gasteiger partial charge in [0.1, 0.15) is 6.61 Å². The van der Waals surface area contributed by atoms with E-state index in [0.717, 1.165) is 12.8 Å². The quantitative estimate of drug-likeness (QED) is 0.840. The summed E-state index contributed by atoms with van der Waals surface area (Å²) >= 11 is 0. The Morgan fingerprint density at radius 3 is 2.85 bits per heavy atom. The van der Waals surface area contributed by atoms with E-state index in [0.29, 0.717) is 24.6 Å². The predicted octanol–water partition coefficient (Wildman–Crippen LogP) is 1.45. The summed E-state index contributed by atoms with van der Waals surface area (Å²) in [6.45, 7) is 2.91. The van der Waals surface area contributed by atoms with Gasteiger partial charge in [0.15, 0.2) is 0 Å². The van der Waals surface area contributed by atoms with Gasteiger partial charge in [-0.25, -0.2) is 8.42 Å². The SMILES string of the molecule is CC1CCCN(S(=O)(=O)c2ccccc2C#CCO)C1. The molecule has 0 saturated carbocycles. The molecule has 0 spiro atoms. The molecule has 2 rings (SSSR count). The van der Waals surface area contributed by atoms with Crippen molar-refractivity contribution in [3.05, 3.63) is 29.8 Å². The van der Waals surface area contributed by atoms with Crippen molar-refractivity contribution in [1.29, 1.82) is 0 Å². The van der Waals surface area contributed by atoms with E-state index < -0.39 is 10.0 Å². The largest absolute Gasteiger partial charge is 0.384 e. The fraction of sp³-hybridized carbons (Fsp3) is 0.467. The van der Waals surface area contributed by atoms with Gasteiger partial charge in [-0.1, -0.05) is 30.9 Å². The van der Waals surface area contributed by atoms with Crippen LogP contribution in [0.2, 0.25) is 0 Å². The normalized spacial score (nSPS) is 20.2. The molecule has 0 bridgehead atoms. The number of sulfonamides is 1. The van der Waals surface area contributed by atoms with E-state index in [1.165, 1.54) is 0 Å². The van der Waals surface area contributed by atoms with Crippen LogP contribution in [0, 0.1) is 17.8 Å². The summed E-state index contributed by atoms with van der Waals surface area (Å²) in [5.41, 5.74) is 0.444. The Labute approximate surface area is 120 Å². The Morgan fingerprint density at radius 2 is 2.15 bits per heavy atom. The lowest BCUT2D eigenvalue weighted by molar-refractivity contribution is 0.281. The van der Waals surface area contributed by atoms with Crippen molar-refractivity contribution >= 4 is 10.0 Å². The maximum absolute atomic E-state index is 12.7. The number of piperidine rings is 1. The Balaban J connectivity index is 2.39. The van der Waals surface area contributed by atoms with Crippen molar-refractivity contribution in [2.24, 2.45) is 5.92 Å². The van der Waals surface area contributed by atoms with E-state index in [1.807, 2.05) is 0 Å². The van der Waals surface area contributed by atoms with Crippen molar-refractivity contribution in [2.45, 2.75) is 24.7 Å². The highest BCUT2D eigenvalue weighted by Gasteiger charge is 2.29. The lowest BCUT2D eigenvalue weighted by Crippen LogP contribution is -2.39. The number of hydrogen-bond donors (Lipinski definition) is 1. The first-order chi connectivity index (χ1) is 9.55. The first-order valence-electron chi connectivity index (χ1n) is 6.74. The number of hydrogen-bond acceptors (Lipinski definition) is 3. The molecule has 1 aromatic carbocycles. The van der Waals surface area contributed by atoms with Crippen LogP contribution in [0.15, 0.2) is 29.2 Å². The molecule has 1 unspecified atom stereocenters. The second kappa shape index (κ2) is 6.40. The minimum absolute atomic E-state index is 0.232. The van der Waals surface area contributed by atoms with Gasteiger partial charge >= 0.3 is 0 Å². The third-order valence-electron chi connectivity index (χ3n) is 3.43. The van der Waals surface area contributed by atoms with E-state index in [2.05, 4.69) is 18.8 Å². The van der Waals surface area contributed by atoms with Gasteiger partial charge in [0, 0.05) is 18.7 Å². The highest BCUT2D eigenvalue weighted by atomic mass is 32.2. The Morgan fingerprint density at radius 1 is 1.40 bits per heavy atom. The summed E-state index contributed by atoms with van der Waals surface area (Å²) in [6, 6.07) is 6.70. The summed E-state index contributed by atoms with van der Waals surface area (Å²) in [5, 5.41) is 8.77. The molecule has 1 aromatic rings. The van der Waals surface area contributed by atoms with Crippen LogP contribution < -0.4 is 0 Å². The fourth-order valence-corrected chi connectivity index (χ4v) is 4.18. The van der Waals surface area contributed by atoms with Crippen LogP contribution in [0.3, 0.4) is 0 Å². The van der Waals surface area contributed by atoms with E-state index in [-0.39, 0.29) is 11.5 Å². The molecule has 0 amide bonds. The Bertz CT molecular complexity index is 628. The van der Waals surface area contributed by atoms with Gasteiger partial charge in [-0.15, -0.1) is 0 Å². The van der Waals surface area contributed by atoms with Crippen LogP contribution in [0.4, 0.5) is 0 Å². The zero-order chi connectivity index (χ0) is 14.6. The number of benzene rings is 1. The molecule has 108 valence electrons. The topological polar surface area (TPSA) is 57.6 Å². The number of aliphatic hydroxyl groups is 1. The van der Waals surface area contributed by atoms with Crippen LogP contribution in [0.5, 0.6) is 0 Å². The number of aliphatic hydroxyl groups excluding tert-OH is 1. The lowest BCUT2D eigenvalue weighted by atomic mass is 10.0. The summed E-state index contributed by atoms with van der Waals surface area (Å²) in [5.74, 6) is 5.61. The van der Waals surface area contributed by atoms with Gasteiger partial charge in [0.2, 0.25) is 10.0 Å². The highest BCUT2D eigenvalue weighted by Crippen LogP contribution is 2.25. The summed E-state index contributed by atoms with van der Waals surface area (Å²) in [4.78, 5) is 0.232. The lowest BCUT2D eigenvalue weighted by Gasteiger charge is -2.30. The second-order valence-corrected chi connectivity index (χ2v) is 6.97. The molecule has 5 heteroatoms. The molecule has 1 heterocycles. The van der Waals surface area contributed by atoms with Crippen LogP contribution in [-0.2, 0) is 10.0 Å². The molecule has 0 aromatic heterocycles. The van der Waals surface area contributed by atoms with E-state index in [9.17, 15) is 8.42 Å². The Hall–Kier alpha value is -1.35. The number of rotatable bonds is 2. The standard InChI is InChI=1S/C15H19NO3S/c1-13-6-4-10-16(12-13)20(18,19)15-9-3-2-7-14(15)8-5-11-17/h2-3,7,9,13,17H,4,6,10-12H2,1H3. The molecule has 4 nitrogen and oxygen atoms in total. The van der Waals surface area contributed by atoms with Gasteiger partial charge < -0.3 is 5.11 Å². The van der Waals surface area contributed by atoms with Crippen LogP contribution >= 0.6 is 0 Å². The molecule has 1 saturated heterocycles. The average Bonchev–Trinajstić information content (AvgIpc) is 2.45. The smallest absolute Gasteiger partial charge is 0.244 e. The molecular weight excluding hydrogens is 274 g/mol. The van der Waals surface area contributed by atoms with Gasteiger partial charge in [0.05, 0.1) is 4.90 Å². The summed E-state index contributed by atoms with van der Waals surface area (Å²) in [7, 11) is -3.51. The molecule has 0 aliphatic carbocycles. The van der Waals surface area contributed by atoms with Crippen molar-refractivity contribution in [3.63, 3.8) is 0 Å². The monoisotopic (exact) mass is 293 g/mol. The molecule has 1 N–H and O–H groups in total. The Kier molecular flexibility index (Phi) is 4.81. The van der Waals surface area contributed by atoms with Gasteiger partial charge in [-0.05, 0) is 30.9 Å². The first kappa shape index (κ1) is 15.0. The van der Waals surface area contributed by atoms with Gasteiger partial charge in [-0.3, -0.25) is 0 Å². The van der Waals surface area contributed by atoms with E-state index >= 15 is 0 Å². The minimum atomic E-state index is -3.51. The van der Waals surface area contributed by atoms with E-state index in [4.69, 9.17) is 5.11 Å². The molecule has 0 radical (unpaired) electrons. The van der Waals surface area contributed by atoms with Crippen molar-refractivity contribution in [3.8, 4) is 11.8 Å². The average molecular weight is 293 g/mol. The molecule has 1 aliphatic rings.